The summed E-state index contributed by atoms with van der Waals surface area (Å²) in [5.74, 6) is 6.66. The fraction of sp³-hybridized carbons (Fsp3) is 0.636. The second kappa shape index (κ2) is 7.85. The van der Waals surface area contributed by atoms with Crippen molar-refractivity contribution in [3.63, 3.8) is 0 Å². The van der Waals surface area contributed by atoms with E-state index in [-0.39, 0.29) is 0 Å². The van der Waals surface area contributed by atoms with Gasteiger partial charge in [-0.05, 0) is 6.92 Å². The van der Waals surface area contributed by atoms with Crippen molar-refractivity contribution in [2.45, 2.75) is 26.4 Å². The van der Waals surface area contributed by atoms with Gasteiger partial charge in [-0.2, -0.15) is 5.10 Å². The third-order valence-corrected chi connectivity index (χ3v) is 1.99. The lowest BCUT2D eigenvalue weighted by molar-refractivity contribution is 0.199. The van der Waals surface area contributed by atoms with E-state index in [1.165, 1.54) is 0 Å². The van der Waals surface area contributed by atoms with E-state index in [1.807, 2.05) is 11.6 Å². The molecule has 0 amide bonds. The summed E-state index contributed by atoms with van der Waals surface area (Å²) in [7, 11) is 1.68. The van der Waals surface area contributed by atoms with Gasteiger partial charge in [0.25, 0.3) is 0 Å². The summed E-state index contributed by atoms with van der Waals surface area (Å²) in [6, 6.07) is 0. The third-order valence-electron chi connectivity index (χ3n) is 1.99. The molecule has 0 atom stereocenters. The zero-order valence-corrected chi connectivity index (χ0v) is 9.86. The highest BCUT2D eigenvalue weighted by Crippen LogP contribution is 1.91. The summed E-state index contributed by atoms with van der Waals surface area (Å²) in [6.45, 7) is 4.83. The molecule has 88 valence electrons. The lowest BCUT2D eigenvalue weighted by atomic mass is 10.4. The van der Waals surface area contributed by atoms with E-state index in [9.17, 15) is 0 Å². The Labute approximate surface area is 96.2 Å². The molecule has 5 nitrogen and oxygen atoms in total. The van der Waals surface area contributed by atoms with Crippen molar-refractivity contribution >= 4 is 0 Å². The average molecular weight is 222 g/mol. The quantitative estimate of drug-likeness (QED) is 0.537. The van der Waals surface area contributed by atoms with Crippen LogP contribution in [-0.2, 0) is 17.8 Å². The number of rotatable bonds is 7. The number of aryl methyl sites for hydroxylation is 1. The molecule has 0 unspecified atom stereocenters. The Morgan fingerprint density at radius 2 is 2.44 bits per heavy atom. The van der Waals surface area contributed by atoms with E-state index in [0.29, 0.717) is 13.2 Å². The van der Waals surface area contributed by atoms with Gasteiger partial charge in [-0.25, -0.2) is 4.98 Å². The van der Waals surface area contributed by atoms with Gasteiger partial charge in [0.15, 0.2) is 5.82 Å². The van der Waals surface area contributed by atoms with Gasteiger partial charge >= 0.3 is 0 Å². The maximum Gasteiger partial charge on any atom is 0.164 e. The van der Waals surface area contributed by atoms with Crippen molar-refractivity contribution in [1.82, 2.24) is 20.1 Å². The van der Waals surface area contributed by atoms with E-state index in [0.717, 1.165) is 25.3 Å². The summed E-state index contributed by atoms with van der Waals surface area (Å²) < 4.78 is 6.74. The molecule has 16 heavy (non-hydrogen) atoms. The van der Waals surface area contributed by atoms with Crippen molar-refractivity contribution in [3.05, 3.63) is 12.2 Å². The maximum atomic E-state index is 4.93. The highest BCUT2D eigenvalue weighted by molar-refractivity contribution is 4.94. The van der Waals surface area contributed by atoms with Crippen LogP contribution in [-0.4, -0.2) is 35.0 Å². The molecule has 0 aromatic carbocycles. The van der Waals surface area contributed by atoms with Gasteiger partial charge in [0, 0.05) is 20.1 Å². The molecule has 0 fully saturated rings. The minimum absolute atomic E-state index is 0.676. The first-order valence-electron chi connectivity index (χ1n) is 5.34. The van der Waals surface area contributed by atoms with Crippen LogP contribution in [0.3, 0.4) is 0 Å². The van der Waals surface area contributed by atoms with E-state index >= 15 is 0 Å². The molecule has 0 aliphatic carbocycles. The van der Waals surface area contributed by atoms with Crippen LogP contribution in [0.25, 0.3) is 0 Å². The Hall–Kier alpha value is -1.38. The van der Waals surface area contributed by atoms with Gasteiger partial charge in [0.1, 0.15) is 6.33 Å². The van der Waals surface area contributed by atoms with Gasteiger partial charge in [-0.3, -0.25) is 4.68 Å². The summed E-state index contributed by atoms with van der Waals surface area (Å²) >= 11 is 0. The van der Waals surface area contributed by atoms with Crippen molar-refractivity contribution in [3.8, 4) is 11.8 Å². The fourth-order valence-corrected chi connectivity index (χ4v) is 1.19. The van der Waals surface area contributed by atoms with Crippen LogP contribution >= 0.6 is 0 Å². The standard InChI is InChI=1S/C11H18N4O/c1-3-4-5-7-15-10-13-11(14-15)9-12-6-8-16-2/h10,12H,5-9H2,1-2H3. The highest BCUT2D eigenvalue weighted by atomic mass is 16.5. The number of hydrogen-bond acceptors (Lipinski definition) is 4. The second-order valence-electron chi connectivity index (χ2n) is 3.27. The normalized spacial score (nSPS) is 9.88. The van der Waals surface area contributed by atoms with Crippen molar-refractivity contribution in [2.24, 2.45) is 0 Å². The molecule has 0 radical (unpaired) electrons. The maximum absolute atomic E-state index is 4.93. The van der Waals surface area contributed by atoms with Gasteiger partial charge in [-0.15, -0.1) is 11.8 Å². The third kappa shape index (κ3) is 4.91. The second-order valence-corrected chi connectivity index (χ2v) is 3.27. The summed E-state index contributed by atoms with van der Waals surface area (Å²) in [6.07, 6.45) is 2.56. The van der Waals surface area contributed by atoms with Crippen molar-refractivity contribution in [2.75, 3.05) is 20.3 Å². The predicted octanol–water partition coefficient (Wildman–Crippen LogP) is 0.427. The van der Waals surface area contributed by atoms with E-state index in [2.05, 4.69) is 27.2 Å². The van der Waals surface area contributed by atoms with Crippen LogP contribution in [0, 0.1) is 11.8 Å². The molecular formula is C11H18N4O. The monoisotopic (exact) mass is 222 g/mol. The zero-order valence-electron chi connectivity index (χ0n) is 9.86. The Morgan fingerprint density at radius 3 is 3.19 bits per heavy atom. The number of hydrogen-bond donors (Lipinski definition) is 1. The molecule has 0 saturated carbocycles. The van der Waals surface area contributed by atoms with Crippen LogP contribution in [0.1, 0.15) is 19.2 Å². The minimum Gasteiger partial charge on any atom is -0.383 e. The summed E-state index contributed by atoms with van der Waals surface area (Å²) in [5.41, 5.74) is 0. The smallest absolute Gasteiger partial charge is 0.164 e. The lowest BCUT2D eigenvalue weighted by Crippen LogP contribution is -2.19. The molecular weight excluding hydrogens is 204 g/mol. The Kier molecular flexibility index (Phi) is 6.23. The Bertz CT molecular complexity index is 350. The average Bonchev–Trinajstić information content (AvgIpc) is 2.73. The highest BCUT2D eigenvalue weighted by Gasteiger charge is 1.99. The van der Waals surface area contributed by atoms with E-state index < -0.39 is 0 Å². The largest absolute Gasteiger partial charge is 0.383 e. The fourth-order valence-electron chi connectivity index (χ4n) is 1.19. The molecule has 1 aromatic heterocycles. The summed E-state index contributed by atoms with van der Waals surface area (Å²) in [4.78, 5) is 4.19. The molecule has 0 saturated heterocycles. The molecule has 0 aliphatic rings. The molecule has 1 N–H and O–H groups in total. The van der Waals surface area contributed by atoms with Gasteiger partial charge in [0.05, 0.1) is 19.7 Å². The number of methoxy groups -OCH3 is 1. The van der Waals surface area contributed by atoms with Crippen LogP contribution in [0.5, 0.6) is 0 Å². The molecule has 1 aromatic rings. The van der Waals surface area contributed by atoms with Gasteiger partial charge in [-0.1, -0.05) is 0 Å². The van der Waals surface area contributed by atoms with E-state index in [4.69, 9.17) is 4.74 Å². The molecule has 0 aliphatic heterocycles. The SMILES string of the molecule is CC#CCCn1cnc(CNCCOC)n1. The van der Waals surface area contributed by atoms with E-state index in [1.54, 1.807) is 13.4 Å². The zero-order chi connectivity index (χ0) is 11.6. The first kappa shape index (κ1) is 12.7. The number of ether oxygens (including phenoxy) is 1. The lowest BCUT2D eigenvalue weighted by Gasteiger charge is -1.99. The minimum atomic E-state index is 0.676. The molecule has 0 bridgehead atoms. The predicted molar refractivity (Wildman–Crippen MR) is 61.7 cm³/mol. The molecule has 0 spiro atoms. The Balaban J connectivity index is 2.24. The van der Waals surface area contributed by atoms with Crippen LogP contribution in [0.2, 0.25) is 0 Å². The molecule has 5 heteroatoms. The first-order valence-corrected chi connectivity index (χ1v) is 5.34. The van der Waals surface area contributed by atoms with Gasteiger partial charge in [0.2, 0.25) is 0 Å². The van der Waals surface area contributed by atoms with Crippen LogP contribution in [0.15, 0.2) is 6.33 Å². The number of nitrogens with zero attached hydrogens (tertiary/aromatic N) is 3. The molecule has 1 heterocycles. The van der Waals surface area contributed by atoms with Crippen molar-refractivity contribution in [1.29, 1.82) is 0 Å². The number of nitrogens with one attached hydrogen (secondary N) is 1. The Morgan fingerprint density at radius 1 is 1.56 bits per heavy atom. The topological polar surface area (TPSA) is 52.0 Å². The number of aromatic nitrogens is 3. The first-order chi connectivity index (χ1) is 7.86. The molecule has 1 rings (SSSR count). The van der Waals surface area contributed by atoms with Gasteiger partial charge < -0.3 is 10.1 Å². The van der Waals surface area contributed by atoms with Crippen molar-refractivity contribution < 1.29 is 4.74 Å². The van der Waals surface area contributed by atoms with Crippen LogP contribution in [0.4, 0.5) is 0 Å². The van der Waals surface area contributed by atoms with Crippen LogP contribution < -0.4 is 5.32 Å². The summed E-state index contributed by atoms with van der Waals surface area (Å²) in [5, 5.41) is 7.51.